The summed E-state index contributed by atoms with van der Waals surface area (Å²) in [4.78, 5) is 9.88. The summed E-state index contributed by atoms with van der Waals surface area (Å²) >= 11 is 0. The van der Waals surface area contributed by atoms with E-state index in [4.69, 9.17) is 0 Å². The first-order valence-electron chi connectivity index (χ1n) is 5.42. The third-order valence-corrected chi connectivity index (χ3v) is 3.91. The molecule has 0 saturated heterocycles. The Bertz CT molecular complexity index is 726. The van der Waals surface area contributed by atoms with Crippen molar-refractivity contribution in [1.82, 2.24) is 10.2 Å². The molecule has 0 radical (unpaired) electrons. The average molecular weight is 297 g/mol. The van der Waals surface area contributed by atoms with E-state index in [-0.39, 0.29) is 22.0 Å². The molecule has 0 bridgehead atoms. The number of sulfonamides is 1. The summed E-state index contributed by atoms with van der Waals surface area (Å²) in [5, 5.41) is 19.5. The predicted octanol–water partition coefficient (Wildman–Crippen LogP) is 1.16. The Balaban J connectivity index is 2.48. The number of nitro groups is 1. The summed E-state index contributed by atoms with van der Waals surface area (Å²) in [5.74, 6) is 0. The normalized spacial score (nSPS) is 11.1. The first-order valence-corrected chi connectivity index (χ1v) is 6.90. The number of nitrogens with one attached hydrogen (secondary N) is 3. The molecule has 1 aromatic heterocycles. The smallest absolute Gasteiger partial charge is 0.270 e. The highest BCUT2D eigenvalue weighted by Gasteiger charge is 2.22. The third kappa shape index (κ3) is 2.69. The van der Waals surface area contributed by atoms with Crippen LogP contribution in [0, 0.1) is 10.1 Å². The molecule has 3 N–H and O–H groups in total. The van der Waals surface area contributed by atoms with E-state index in [2.05, 4.69) is 20.2 Å². The number of nitro benzene ring substituents is 1. The number of aromatic nitrogens is 2. The van der Waals surface area contributed by atoms with E-state index in [1.807, 2.05) is 0 Å². The molecular weight excluding hydrogens is 286 g/mol. The van der Waals surface area contributed by atoms with Crippen molar-refractivity contribution in [2.24, 2.45) is 0 Å². The van der Waals surface area contributed by atoms with Crippen LogP contribution >= 0.6 is 0 Å². The Morgan fingerprint density at radius 3 is 2.70 bits per heavy atom. The number of non-ortho nitro benzene ring substituents is 1. The van der Waals surface area contributed by atoms with Gasteiger partial charge in [0.2, 0.25) is 0 Å². The molecule has 0 fully saturated rings. The molecule has 2 rings (SSSR count). The van der Waals surface area contributed by atoms with Gasteiger partial charge in [0.05, 0.1) is 22.5 Å². The maximum absolute atomic E-state index is 12.2. The second-order valence-corrected chi connectivity index (χ2v) is 5.43. The topological polar surface area (TPSA) is 130 Å². The molecule has 10 heteroatoms. The Hall–Kier alpha value is -2.62. The number of benzene rings is 1. The SMILES string of the molecule is CNc1ccc([N+](=O)[O-])cc1S(=O)(=O)Nc1cn[nH]c1. The van der Waals surface area contributed by atoms with Crippen molar-refractivity contribution in [2.45, 2.75) is 4.90 Å². The maximum Gasteiger partial charge on any atom is 0.270 e. The first kappa shape index (κ1) is 13.8. The molecule has 1 heterocycles. The fourth-order valence-electron chi connectivity index (χ4n) is 1.57. The third-order valence-electron chi connectivity index (χ3n) is 2.49. The quantitative estimate of drug-likeness (QED) is 0.560. The molecule has 106 valence electrons. The first-order chi connectivity index (χ1) is 9.44. The van der Waals surface area contributed by atoms with E-state index in [1.54, 1.807) is 0 Å². The van der Waals surface area contributed by atoms with Crippen LogP contribution in [0.3, 0.4) is 0 Å². The molecule has 2 aromatic rings. The van der Waals surface area contributed by atoms with Crippen LogP contribution in [0.4, 0.5) is 17.1 Å². The van der Waals surface area contributed by atoms with E-state index >= 15 is 0 Å². The lowest BCUT2D eigenvalue weighted by Crippen LogP contribution is -2.14. The highest BCUT2D eigenvalue weighted by atomic mass is 32.2. The number of aromatic amines is 1. The predicted molar refractivity (Wildman–Crippen MR) is 72.0 cm³/mol. The van der Waals surface area contributed by atoms with Crippen molar-refractivity contribution in [3.63, 3.8) is 0 Å². The summed E-state index contributed by atoms with van der Waals surface area (Å²) in [7, 11) is -2.43. The van der Waals surface area contributed by atoms with E-state index < -0.39 is 14.9 Å². The molecule has 0 amide bonds. The lowest BCUT2D eigenvalue weighted by atomic mass is 10.3. The molecule has 0 unspecified atom stereocenters. The average Bonchev–Trinajstić information content (AvgIpc) is 2.90. The molecular formula is C10H11N5O4S. The van der Waals surface area contributed by atoms with Crippen LogP contribution in [-0.2, 0) is 10.0 Å². The van der Waals surface area contributed by atoms with Gasteiger partial charge in [0.15, 0.2) is 0 Å². The number of nitrogens with zero attached hydrogens (tertiary/aromatic N) is 2. The van der Waals surface area contributed by atoms with Gasteiger partial charge < -0.3 is 5.32 Å². The minimum absolute atomic E-state index is 0.213. The summed E-state index contributed by atoms with van der Waals surface area (Å²) in [6, 6.07) is 3.55. The Morgan fingerprint density at radius 1 is 1.40 bits per heavy atom. The van der Waals surface area contributed by atoms with E-state index in [1.165, 1.54) is 31.6 Å². The molecule has 1 aromatic carbocycles. The fourth-order valence-corrected chi connectivity index (χ4v) is 2.84. The summed E-state index contributed by atoms with van der Waals surface area (Å²) in [6.45, 7) is 0. The molecule has 0 aliphatic carbocycles. The van der Waals surface area contributed by atoms with Gasteiger partial charge in [-0.3, -0.25) is 19.9 Å². The Kier molecular flexibility index (Phi) is 3.57. The van der Waals surface area contributed by atoms with Gasteiger partial charge in [0, 0.05) is 25.4 Å². The van der Waals surface area contributed by atoms with Crippen LogP contribution < -0.4 is 10.0 Å². The standard InChI is InChI=1S/C10H11N5O4S/c1-11-9-3-2-8(15(16)17)4-10(9)20(18,19)14-7-5-12-13-6-7/h2-6,11,14H,1H3,(H,12,13). The van der Waals surface area contributed by atoms with Gasteiger partial charge >= 0.3 is 0 Å². The van der Waals surface area contributed by atoms with Crippen LogP contribution in [0.15, 0.2) is 35.5 Å². The summed E-state index contributed by atoms with van der Waals surface area (Å²) in [5.41, 5.74) is 0.182. The molecule has 0 saturated carbocycles. The number of rotatable bonds is 5. The largest absolute Gasteiger partial charge is 0.387 e. The van der Waals surface area contributed by atoms with Crippen molar-refractivity contribution in [3.05, 3.63) is 40.7 Å². The Morgan fingerprint density at radius 2 is 2.15 bits per heavy atom. The molecule has 0 aliphatic rings. The molecule has 20 heavy (non-hydrogen) atoms. The number of hydrogen-bond acceptors (Lipinski definition) is 6. The van der Waals surface area contributed by atoms with Crippen molar-refractivity contribution in [1.29, 1.82) is 0 Å². The van der Waals surface area contributed by atoms with Gasteiger partial charge in [-0.05, 0) is 6.07 Å². The molecule has 0 spiro atoms. The zero-order chi connectivity index (χ0) is 14.8. The summed E-state index contributed by atoms with van der Waals surface area (Å²) < 4.78 is 26.7. The highest BCUT2D eigenvalue weighted by Crippen LogP contribution is 2.27. The van der Waals surface area contributed by atoms with Crippen molar-refractivity contribution in [2.75, 3.05) is 17.1 Å². The van der Waals surface area contributed by atoms with Gasteiger partial charge in [0.1, 0.15) is 4.90 Å². The molecule has 9 nitrogen and oxygen atoms in total. The second-order valence-electron chi connectivity index (χ2n) is 3.78. The summed E-state index contributed by atoms with van der Waals surface area (Å²) in [6.07, 6.45) is 2.64. The van der Waals surface area contributed by atoms with Gasteiger partial charge in [-0.25, -0.2) is 8.42 Å². The van der Waals surface area contributed by atoms with E-state index in [0.29, 0.717) is 0 Å². The second kappa shape index (κ2) is 5.17. The zero-order valence-electron chi connectivity index (χ0n) is 10.3. The minimum atomic E-state index is -3.96. The van der Waals surface area contributed by atoms with Crippen LogP contribution in [0.25, 0.3) is 0 Å². The van der Waals surface area contributed by atoms with Crippen LogP contribution in [0.2, 0.25) is 0 Å². The van der Waals surface area contributed by atoms with Crippen LogP contribution in [0.5, 0.6) is 0 Å². The van der Waals surface area contributed by atoms with E-state index in [0.717, 1.165) is 6.07 Å². The van der Waals surface area contributed by atoms with Crippen LogP contribution in [-0.4, -0.2) is 30.6 Å². The van der Waals surface area contributed by atoms with Crippen molar-refractivity contribution in [3.8, 4) is 0 Å². The number of anilines is 2. The van der Waals surface area contributed by atoms with Crippen molar-refractivity contribution < 1.29 is 13.3 Å². The minimum Gasteiger partial charge on any atom is -0.387 e. The zero-order valence-corrected chi connectivity index (χ0v) is 11.1. The lowest BCUT2D eigenvalue weighted by Gasteiger charge is -2.10. The van der Waals surface area contributed by atoms with Gasteiger partial charge in [-0.1, -0.05) is 0 Å². The number of hydrogen-bond donors (Lipinski definition) is 3. The molecule has 0 aliphatic heterocycles. The van der Waals surface area contributed by atoms with Gasteiger partial charge in [-0.2, -0.15) is 5.10 Å². The van der Waals surface area contributed by atoms with E-state index in [9.17, 15) is 18.5 Å². The molecule has 0 atom stereocenters. The monoisotopic (exact) mass is 297 g/mol. The Labute approximate surface area is 114 Å². The highest BCUT2D eigenvalue weighted by molar-refractivity contribution is 7.92. The number of H-pyrrole nitrogens is 1. The van der Waals surface area contributed by atoms with Gasteiger partial charge in [-0.15, -0.1) is 0 Å². The van der Waals surface area contributed by atoms with Crippen LogP contribution in [0.1, 0.15) is 0 Å². The van der Waals surface area contributed by atoms with Crippen molar-refractivity contribution >= 4 is 27.1 Å². The lowest BCUT2D eigenvalue weighted by molar-refractivity contribution is -0.385. The maximum atomic E-state index is 12.2. The fraction of sp³-hybridized carbons (Fsp3) is 0.100. The van der Waals surface area contributed by atoms with Gasteiger partial charge in [0.25, 0.3) is 15.7 Å².